The minimum absolute atomic E-state index is 0.0336. The second-order valence-corrected chi connectivity index (χ2v) is 8.24. The number of thiophene rings is 1. The first-order valence-corrected chi connectivity index (χ1v) is 10.5. The van der Waals surface area contributed by atoms with Crippen LogP contribution in [0.5, 0.6) is 0 Å². The van der Waals surface area contributed by atoms with Crippen LogP contribution in [0.25, 0.3) is 0 Å². The predicted molar refractivity (Wildman–Crippen MR) is 108 cm³/mol. The summed E-state index contributed by atoms with van der Waals surface area (Å²) >= 11 is 1.74. The number of hydrogen-bond donors (Lipinski definition) is 1. The van der Waals surface area contributed by atoms with Gasteiger partial charge in [-0.1, -0.05) is 24.3 Å². The summed E-state index contributed by atoms with van der Waals surface area (Å²) in [5, 5.41) is 5.01. The molecule has 0 saturated carbocycles. The molecule has 2 saturated heterocycles. The van der Waals surface area contributed by atoms with E-state index in [1.54, 1.807) is 11.3 Å². The molecule has 0 bridgehead atoms. The molecule has 1 unspecified atom stereocenters. The molecule has 2 fully saturated rings. The van der Waals surface area contributed by atoms with E-state index in [0.29, 0.717) is 13.1 Å². The van der Waals surface area contributed by atoms with Gasteiger partial charge in [-0.15, -0.1) is 11.3 Å². The number of amides is 3. The third-order valence-electron chi connectivity index (χ3n) is 5.56. The van der Waals surface area contributed by atoms with E-state index in [1.807, 2.05) is 35.2 Å². The molecule has 1 atom stereocenters. The van der Waals surface area contributed by atoms with Gasteiger partial charge in [-0.2, -0.15) is 0 Å². The number of nitrogens with zero attached hydrogens (tertiary/aromatic N) is 2. The van der Waals surface area contributed by atoms with Gasteiger partial charge in [0.15, 0.2) is 0 Å². The fourth-order valence-corrected chi connectivity index (χ4v) is 4.97. The van der Waals surface area contributed by atoms with E-state index in [1.165, 1.54) is 4.88 Å². The zero-order chi connectivity index (χ0) is 18.6. The molecule has 1 aromatic carbocycles. The lowest BCUT2D eigenvalue weighted by atomic mass is 9.95. The van der Waals surface area contributed by atoms with Crippen molar-refractivity contribution in [1.82, 2.24) is 9.80 Å². The van der Waals surface area contributed by atoms with Gasteiger partial charge in [-0.25, -0.2) is 4.79 Å². The molecule has 0 aliphatic carbocycles. The van der Waals surface area contributed by atoms with E-state index in [0.717, 1.165) is 37.9 Å². The quantitative estimate of drug-likeness (QED) is 0.856. The van der Waals surface area contributed by atoms with Gasteiger partial charge in [0.05, 0.1) is 6.04 Å². The van der Waals surface area contributed by atoms with Crippen LogP contribution in [0.2, 0.25) is 0 Å². The van der Waals surface area contributed by atoms with E-state index in [2.05, 4.69) is 27.7 Å². The number of carbonyl (C=O) groups excluding carboxylic acids is 2. The summed E-state index contributed by atoms with van der Waals surface area (Å²) in [5.41, 5.74) is 0.802. The van der Waals surface area contributed by atoms with Gasteiger partial charge in [-0.3, -0.25) is 4.79 Å². The third-order valence-corrected chi connectivity index (χ3v) is 6.54. The highest BCUT2D eigenvalue weighted by molar-refractivity contribution is 7.10. The summed E-state index contributed by atoms with van der Waals surface area (Å²) in [5.74, 6) is 0.306. The molecule has 27 heavy (non-hydrogen) atoms. The van der Waals surface area contributed by atoms with Gasteiger partial charge < -0.3 is 15.1 Å². The zero-order valence-electron chi connectivity index (χ0n) is 15.3. The first-order valence-electron chi connectivity index (χ1n) is 9.67. The number of carbonyl (C=O) groups is 2. The largest absolute Gasteiger partial charge is 0.335 e. The van der Waals surface area contributed by atoms with Crippen molar-refractivity contribution >= 4 is 29.0 Å². The summed E-state index contributed by atoms with van der Waals surface area (Å²) in [4.78, 5) is 30.7. The van der Waals surface area contributed by atoms with Crippen LogP contribution in [0.3, 0.4) is 0 Å². The molecule has 1 aromatic heterocycles. The second-order valence-electron chi connectivity index (χ2n) is 7.26. The SMILES string of the molecule is O=C(Nc1ccccc1)N1CCC(C(=O)N2CCCC2c2cccs2)CC1. The van der Waals surface area contributed by atoms with E-state index >= 15 is 0 Å². The van der Waals surface area contributed by atoms with Crippen LogP contribution in [0, 0.1) is 5.92 Å². The van der Waals surface area contributed by atoms with Crippen LogP contribution >= 0.6 is 11.3 Å². The standard InChI is InChI=1S/C21H25N3O2S/c25-20(24-12-4-8-18(24)19-9-5-15-27-19)16-10-13-23(14-11-16)21(26)22-17-6-2-1-3-7-17/h1-3,5-7,9,15-16,18H,4,8,10-14H2,(H,22,26). The Kier molecular flexibility index (Phi) is 5.43. The van der Waals surface area contributed by atoms with Crippen molar-refractivity contribution in [2.45, 2.75) is 31.7 Å². The Labute approximate surface area is 164 Å². The van der Waals surface area contributed by atoms with Crippen LogP contribution < -0.4 is 5.32 Å². The minimum atomic E-state index is -0.0790. The van der Waals surface area contributed by atoms with Crippen molar-refractivity contribution in [2.75, 3.05) is 25.0 Å². The van der Waals surface area contributed by atoms with Crippen molar-refractivity contribution in [2.24, 2.45) is 5.92 Å². The predicted octanol–water partition coefficient (Wildman–Crippen LogP) is 4.36. The number of anilines is 1. The average Bonchev–Trinajstić information content (AvgIpc) is 3.40. The number of para-hydroxylation sites is 1. The first-order chi connectivity index (χ1) is 13.2. The summed E-state index contributed by atoms with van der Waals surface area (Å²) in [6.07, 6.45) is 3.63. The van der Waals surface area contributed by atoms with Gasteiger partial charge in [0.1, 0.15) is 0 Å². The topological polar surface area (TPSA) is 52.7 Å². The Hall–Kier alpha value is -2.34. The van der Waals surface area contributed by atoms with Crippen molar-refractivity contribution < 1.29 is 9.59 Å². The smallest absolute Gasteiger partial charge is 0.321 e. The van der Waals surface area contributed by atoms with Crippen molar-refractivity contribution in [3.05, 3.63) is 52.7 Å². The Morgan fingerprint density at radius 3 is 2.44 bits per heavy atom. The Morgan fingerprint density at radius 2 is 1.74 bits per heavy atom. The van der Waals surface area contributed by atoms with Crippen LogP contribution in [0.15, 0.2) is 47.8 Å². The lowest BCUT2D eigenvalue weighted by molar-refractivity contribution is -0.137. The van der Waals surface area contributed by atoms with Crippen LogP contribution in [-0.2, 0) is 4.79 Å². The van der Waals surface area contributed by atoms with Crippen molar-refractivity contribution in [3.8, 4) is 0 Å². The van der Waals surface area contributed by atoms with Gasteiger partial charge in [0.2, 0.25) is 5.91 Å². The Balaban J connectivity index is 1.32. The number of rotatable bonds is 3. The molecule has 0 spiro atoms. The van der Waals surface area contributed by atoms with E-state index < -0.39 is 0 Å². The molecule has 3 heterocycles. The number of piperidine rings is 1. The molecule has 3 amide bonds. The number of nitrogens with one attached hydrogen (secondary N) is 1. The molecule has 5 nitrogen and oxygen atoms in total. The minimum Gasteiger partial charge on any atom is -0.335 e. The first kappa shape index (κ1) is 18.0. The lowest BCUT2D eigenvalue weighted by Gasteiger charge is -2.34. The van der Waals surface area contributed by atoms with Gasteiger partial charge in [0.25, 0.3) is 0 Å². The monoisotopic (exact) mass is 383 g/mol. The summed E-state index contributed by atoms with van der Waals surface area (Å²) in [7, 11) is 0. The highest BCUT2D eigenvalue weighted by Crippen LogP contribution is 2.36. The number of hydrogen-bond acceptors (Lipinski definition) is 3. The molecule has 6 heteroatoms. The maximum atomic E-state index is 13.1. The molecule has 2 aliphatic heterocycles. The summed E-state index contributed by atoms with van der Waals surface area (Å²) in [6.45, 7) is 2.12. The average molecular weight is 384 g/mol. The fraction of sp³-hybridized carbons (Fsp3) is 0.429. The highest BCUT2D eigenvalue weighted by atomic mass is 32.1. The number of benzene rings is 1. The molecular formula is C21H25N3O2S. The van der Waals surface area contributed by atoms with Crippen molar-refractivity contribution in [1.29, 1.82) is 0 Å². The second kappa shape index (κ2) is 8.13. The molecule has 4 rings (SSSR count). The third kappa shape index (κ3) is 4.00. The van der Waals surface area contributed by atoms with E-state index in [9.17, 15) is 9.59 Å². The van der Waals surface area contributed by atoms with Crippen LogP contribution in [0.1, 0.15) is 36.6 Å². The number of likely N-dealkylation sites (tertiary alicyclic amines) is 2. The van der Waals surface area contributed by atoms with Gasteiger partial charge >= 0.3 is 6.03 Å². The van der Waals surface area contributed by atoms with E-state index in [-0.39, 0.29) is 23.9 Å². The van der Waals surface area contributed by atoms with Crippen LogP contribution in [-0.4, -0.2) is 41.4 Å². The molecule has 1 N–H and O–H groups in total. The summed E-state index contributed by atoms with van der Waals surface area (Å²) < 4.78 is 0. The molecular weight excluding hydrogens is 358 g/mol. The summed E-state index contributed by atoms with van der Waals surface area (Å²) in [6, 6.07) is 13.9. The van der Waals surface area contributed by atoms with Crippen molar-refractivity contribution in [3.63, 3.8) is 0 Å². The highest BCUT2D eigenvalue weighted by Gasteiger charge is 2.36. The normalized spacial score (nSPS) is 20.7. The molecule has 2 aliphatic rings. The van der Waals surface area contributed by atoms with Gasteiger partial charge in [-0.05, 0) is 49.3 Å². The lowest BCUT2D eigenvalue weighted by Crippen LogP contribution is -2.45. The maximum Gasteiger partial charge on any atom is 0.321 e. The molecule has 2 aromatic rings. The zero-order valence-corrected chi connectivity index (χ0v) is 16.2. The van der Waals surface area contributed by atoms with Gasteiger partial charge in [0, 0.05) is 36.1 Å². The Bertz CT molecular complexity index is 770. The molecule has 0 radical (unpaired) electrons. The molecule has 142 valence electrons. The number of urea groups is 1. The maximum absolute atomic E-state index is 13.1. The van der Waals surface area contributed by atoms with Crippen LogP contribution in [0.4, 0.5) is 10.5 Å². The fourth-order valence-electron chi connectivity index (χ4n) is 4.10. The Morgan fingerprint density at radius 1 is 0.963 bits per heavy atom. The van der Waals surface area contributed by atoms with E-state index in [4.69, 9.17) is 0 Å².